The van der Waals surface area contributed by atoms with Gasteiger partial charge < -0.3 is 14.7 Å². The predicted molar refractivity (Wildman–Crippen MR) is 66.6 cm³/mol. The number of hydrogen-bond acceptors (Lipinski definition) is 3. The summed E-state index contributed by atoms with van der Waals surface area (Å²) in [7, 11) is 3.31. The molecule has 0 aromatic heterocycles. The molecule has 0 heterocycles. The number of carbonyl (C=O) groups is 2. The SMILES string of the molecule is CC(Oc1cccc(CC(=O)O)c1)C(=O)N(C)C. The molecule has 1 rings (SSSR count). The van der Waals surface area contributed by atoms with E-state index in [1.165, 1.54) is 4.90 Å². The Kier molecular flexibility index (Phi) is 4.71. The molecule has 98 valence electrons. The maximum absolute atomic E-state index is 11.6. The largest absolute Gasteiger partial charge is 0.481 e. The molecule has 0 saturated heterocycles. The van der Waals surface area contributed by atoms with Gasteiger partial charge in [-0.05, 0) is 24.6 Å². The molecule has 1 unspecified atom stereocenters. The third kappa shape index (κ3) is 4.08. The molecule has 5 heteroatoms. The molecule has 0 aliphatic heterocycles. The number of likely N-dealkylation sites (N-methyl/N-ethyl adjacent to an activating group) is 1. The Bertz CT molecular complexity index is 442. The predicted octanol–water partition coefficient (Wildman–Crippen LogP) is 1.17. The summed E-state index contributed by atoms with van der Waals surface area (Å²) in [5.74, 6) is -0.542. The van der Waals surface area contributed by atoms with Gasteiger partial charge in [0.25, 0.3) is 5.91 Å². The highest BCUT2D eigenvalue weighted by Gasteiger charge is 2.16. The van der Waals surface area contributed by atoms with Gasteiger partial charge in [0, 0.05) is 14.1 Å². The van der Waals surface area contributed by atoms with E-state index in [4.69, 9.17) is 9.84 Å². The van der Waals surface area contributed by atoms with Gasteiger partial charge in [0.15, 0.2) is 6.10 Å². The number of rotatable bonds is 5. The van der Waals surface area contributed by atoms with Gasteiger partial charge in [0.05, 0.1) is 6.42 Å². The van der Waals surface area contributed by atoms with E-state index >= 15 is 0 Å². The van der Waals surface area contributed by atoms with Gasteiger partial charge in [-0.15, -0.1) is 0 Å². The molecule has 1 N–H and O–H groups in total. The Balaban J connectivity index is 2.73. The first-order valence-electron chi connectivity index (χ1n) is 5.58. The molecule has 1 amide bonds. The van der Waals surface area contributed by atoms with Crippen LogP contribution in [0.15, 0.2) is 24.3 Å². The van der Waals surface area contributed by atoms with Crippen molar-refractivity contribution in [1.29, 1.82) is 0 Å². The zero-order valence-electron chi connectivity index (χ0n) is 10.7. The van der Waals surface area contributed by atoms with E-state index in [1.54, 1.807) is 45.3 Å². The van der Waals surface area contributed by atoms with Crippen LogP contribution in [0.25, 0.3) is 0 Å². The fraction of sp³-hybridized carbons (Fsp3) is 0.385. The molecule has 0 fully saturated rings. The van der Waals surface area contributed by atoms with Crippen LogP contribution >= 0.6 is 0 Å². The van der Waals surface area contributed by atoms with E-state index in [0.29, 0.717) is 11.3 Å². The Morgan fingerprint density at radius 3 is 2.61 bits per heavy atom. The zero-order chi connectivity index (χ0) is 13.7. The second-order valence-corrected chi connectivity index (χ2v) is 4.21. The topological polar surface area (TPSA) is 66.8 Å². The number of carboxylic acid groups (broad SMARTS) is 1. The fourth-order valence-corrected chi connectivity index (χ4v) is 1.52. The number of hydrogen-bond donors (Lipinski definition) is 1. The number of benzene rings is 1. The summed E-state index contributed by atoms with van der Waals surface area (Å²) in [6.45, 7) is 1.66. The maximum atomic E-state index is 11.6. The van der Waals surface area contributed by atoms with Gasteiger partial charge in [0.1, 0.15) is 5.75 Å². The number of amides is 1. The van der Waals surface area contributed by atoms with Crippen LogP contribution in [0.4, 0.5) is 0 Å². The molecular formula is C13H17NO4. The van der Waals surface area contributed by atoms with Crippen molar-refractivity contribution in [3.8, 4) is 5.75 Å². The second-order valence-electron chi connectivity index (χ2n) is 4.21. The summed E-state index contributed by atoms with van der Waals surface area (Å²) < 4.78 is 5.48. The minimum atomic E-state index is -0.899. The van der Waals surface area contributed by atoms with Gasteiger partial charge in [-0.2, -0.15) is 0 Å². The van der Waals surface area contributed by atoms with E-state index in [1.807, 2.05) is 0 Å². The molecular weight excluding hydrogens is 234 g/mol. The first-order chi connectivity index (χ1) is 8.40. The lowest BCUT2D eigenvalue weighted by molar-refractivity contribution is -0.136. The van der Waals surface area contributed by atoms with Gasteiger partial charge in [0.2, 0.25) is 0 Å². The van der Waals surface area contributed by atoms with Crippen molar-refractivity contribution in [2.24, 2.45) is 0 Å². The molecule has 5 nitrogen and oxygen atoms in total. The summed E-state index contributed by atoms with van der Waals surface area (Å²) in [5.41, 5.74) is 0.643. The van der Waals surface area contributed by atoms with E-state index < -0.39 is 12.1 Å². The Hall–Kier alpha value is -2.04. The van der Waals surface area contributed by atoms with Crippen LogP contribution in [0.5, 0.6) is 5.75 Å². The standard InChI is InChI=1S/C13H17NO4/c1-9(13(17)14(2)3)18-11-6-4-5-10(7-11)8-12(15)16/h4-7,9H,8H2,1-3H3,(H,15,16). The summed E-state index contributed by atoms with van der Waals surface area (Å²) in [5, 5.41) is 8.70. The molecule has 0 aliphatic rings. The number of aliphatic carboxylic acids is 1. The van der Waals surface area contributed by atoms with E-state index in [0.717, 1.165) is 0 Å². The normalized spacial score (nSPS) is 11.7. The summed E-state index contributed by atoms with van der Waals surface area (Å²) >= 11 is 0. The van der Waals surface area contributed by atoms with Crippen LogP contribution in [-0.2, 0) is 16.0 Å². The average Bonchev–Trinajstić information content (AvgIpc) is 2.27. The number of nitrogens with zero attached hydrogens (tertiary/aromatic N) is 1. The van der Waals surface area contributed by atoms with E-state index in [2.05, 4.69) is 0 Å². The quantitative estimate of drug-likeness (QED) is 0.853. The highest BCUT2D eigenvalue weighted by molar-refractivity contribution is 5.80. The molecule has 0 aliphatic carbocycles. The fourth-order valence-electron chi connectivity index (χ4n) is 1.52. The van der Waals surface area contributed by atoms with Gasteiger partial charge >= 0.3 is 5.97 Å². The number of carboxylic acids is 1. The van der Waals surface area contributed by atoms with Crippen LogP contribution in [0, 0.1) is 0 Å². The third-order valence-electron chi connectivity index (χ3n) is 2.36. The summed E-state index contributed by atoms with van der Waals surface area (Å²) in [4.78, 5) is 23.7. The molecule has 1 aromatic rings. The van der Waals surface area contributed by atoms with Gasteiger partial charge in [-0.3, -0.25) is 9.59 Å². The zero-order valence-corrected chi connectivity index (χ0v) is 10.7. The van der Waals surface area contributed by atoms with Crippen molar-refractivity contribution in [2.75, 3.05) is 14.1 Å². The molecule has 0 radical (unpaired) electrons. The minimum Gasteiger partial charge on any atom is -0.481 e. The minimum absolute atomic E-state index is 0.0623. The molecule has 18 heavy (non-hydrogen) atoms. The Morgan fingerprint density at radius 1 is 1.39 bits per heavy atom. The maximum Gasteiger partial charge on any atom is 0.307 e. The van der Waals surface area contributed by atoms with E-state index in [-0.39, 0.29) is 12.3 Å². The monoisotopic (exact) mass is 251 g/mol. The van der Waals surface area contributed by atoms with Crippen LogP contribution < -0.4 is 4.74 Å². The van der Waals surface area contributed by atoms with Crippen LogP contribution in [0.2, 0.25) is 0 Å². The van der Waals surface area contributed by atoms with Gasteiger partial charge in [-0.25, -0.2) is 0 Å². The van der Waals surface area contributed by atoms with Crippen LogP contribution in [-0.4, -0.2) is 42.1 Å². The second kappa shape index (κ2) is 6.05. The summed E-state index contributed by atoms with van der Waals surface area (Å²) in [6, 6.07) is 6.75. The molecule has 0 spiro atoms. The lowest BCUT2D eigenvalue weighted by Crippen LogP contribution is -2.35. The first-order valence-corrected chi connectivity index (χ1v) is 5.58. The molecule has 1 aromatic carbocycles. The third-order valence-corrected chi connectivity index (χ3v) is 2.36. The van der Waals surface area contributed by atoms with Crippen molar-refractivity contribution < 1.29 is 19.4 Å². The van der Waals surface area contributed by atoms with E-state index in [9.17, 15) is 9.59 Å². The van der Waals surface area contributed by atoms with Crippen LogP contribution in [0.3, 0.4) is 0 Å². The summed E-state index contributed by atoms with van der Waals surface area (Å²) in [6.07, 6.45) is -0.659. The van der Waals surface area contributed by atoms with Crippen molar-refractivity contribution in [3.05, 3.63) is 29.8 Å². The van der Waals surface area contributed by atoms with Crippen molar-refractivity contribution in [2.45, 2.75) is 19.4 Å². The van der Waals surface area contributed by atoms with Crippen molar-refractivity contribution in [1.82, 2.24) is 4.90 Å². The number of carbonyl (C=O) groups excluding carboxylic acids is 1. The smallest absolute Gasteiger partial charge is 0.307 e. The molecule has 0 saturated carbocycles. The average molecular weight is 251 g/mol. The van der Waals surface area contributed by atoms with Gasteiger partial charge in [-0.1, -0.05) is 12.1 Å². The Morgan fingerprint density at radius 2 is 2.06 bits per heavy atom. The lowest BCUT2D eigenvalue weighted by atomic mass is 10.1. The van der Waals surface area contributed by atoms with Crippen molar-refractivity contribution in [3.63, 3.8) is 0 Å². The first kappa shape index (κ1) is 14.0. The lowest BCUT2D eigenvalue weighted by Gasteiger charge is -2.18. The highest BCUT2D eigenvalue weighted by atomic mass is 16.5. The van der Waals surface area contributed by atoms with Crippen LogP contribution in [0.1, 0.15) is 12.5 Å². The molecule has 1 atom stereocenters. The number of ether oxygens (including phenoxy) is 1. The molecule has 0 bridgehead atoms. The Labute approximate surface area is 106 Å². The van der Waals surface area contributed by atoms with Crippen molar-refractivity contribution >= 4 is 11.9 Å². The highest BCUT2D eigenvalue weighted by Crippen LogP contribution is 2.16.